The van der Waals surface area contributed by atoms with Gasteiger partial charge in [-0.3, -0.25) is 0 Å². The first kappa shape index (κ1) is 10.9. The average Bonchev–Trinajstić information content (AvgIpc) is 3.03. The molecule has 1 aliphatic carbocycles. The topological polar surface area (TPSA) is 26.3 Å². The molecule has 2 rings (SSSR count). The van der Waals surface area contributed by atoms with Gasteiger partial charge in [-0.25, -0.2) is 4.79 Å². The Morgan fingerprint density at radius 2 is 2.12 bits per heavy atom. The molecule has 2 heteroatoms. The minimum Gasteiger partial charge on any atom is -0.372 e. The van der Waals surface area contributed by atoms with Gasteiger partial charge in [0.25, 0.3) is 0 Å². The summed E-state index contributed by atoms with van der Waals surface area (Å²) in [6.07, 6.45) is 1.74. The maximum absolute atomic E-state index is 10.7. The summed E-state index contributed by atoms with van der Waals surface area (Å²) in [6, 6.07) is 8.01. The first-order valence-electron chi connectivity index (χ1n) is 5.40. The van der Waals surface area contributed by atoms with Gasteiger partial charge in [-0.05, 0) is 18.1 Å². The third-order valence-corrected chi connectivity index (χ3v) is 2.83. The molecule has 1 aromatic carbocycles. The Bertz CT molecular complexity index is 438. The van der Waals surface area contributed by atoms with Crippen molar-refractivity contribution in [1.82, 2.24) is 0 Å². The lowest BCUT2D eigenvalue weighted by Crippen LogP contribution is -1.95. The van der Waals surface area contributed by atoms with Gasteiger partial charge < -0.3 is 4.74 Å². The molecule has 1 aromatic rings. The molecule has 2 nitrogen and oxygen atoms in total. The van der Waals surface area contributed by atoms with Crippen molar-refractivity contribution in [3.05, 3.63) is 47.5 Å². The zero-order valence-corrected chi connectivity index (χ0v) is 9.27. The molecule has 0 aliphatic heterocycles. The molecule has 0 aromatic heterocycles. The highest BCUT2D eigenvalue weighted by molar-refractivity contribution is 5.68. The second kappa shape index (κ2) is 4.48. The van der Waals surface area contributed by atoms with E-state index in [9.17, 15) is 4.79 Å². The molecule has 0 saturated heterocycles. The molecule has 0 bridgehead atoms. The summed E-state index contributed by atoms with van der Waals surface area (Å²) in [6.45, 7) is 6.26. The normalized spacial score (nSPS) is 22.7. The number of ether oxygens (including phenoxy) is 1. The summed E-state index contributed by atoms with van der Waals surface area (Å²) in [5.41, 5.74) is 2.92. The monoisotopic (exact) mass is 214 g/mol. The lowest BCUT2D eigenvalue weighted by Gasteiger charge is -2.00. The van der Waals surface area contributed by atoms with E-state index in [0.29, 0.717) is 6.61 Å². The zero-order valence-electron chi connectivity index (χ0n) is 9.27. The SMILES string of the molecule is C=Cc1ccc(C2C(=C=O)C2OCC)cc1. The Morgan fingerprint density at radius 1 is 1.44 bits per heavy atom. The number of carbonyl (C=O) groups excluding carboxylic acids is 1. The summed E-state index contributed by atoms with van der Waals surface area (Å²) in [5.74, 6) is 2.08. The van der Waals surface area contributed by atoms with Crippen molar-refractivity contribution in [1.29, 1.82) is 0 Å². The molecular formula is C14H14O2. The van der Waals surface area contributed by atoms with E-state index in [0.717, 1.165) is 16.7 Å². The maximum Gasteiger partial charge on any atom is 0.127 e. The van der Waals surface area contributed by atoms with Crippen LogP contribution in [0.4, 0.5) is 0 Å². The van der Waals surface area contributed by atoms with Crippen LogP contribution in [0.3, 0.4) is 0 Å². The molecule has 1 aliphatic rings. The van der Waals surface area contributed by atoms with Gasteiger partial charge in [0.2, 0.25) is 0 Å². The molecule has 0 spiro atoms. The summed E-state index contributed by atoms with van der Waals surface area (Å²) in [4.78, 5) is 10.7. The van der Waals surface area contributed by atoms with Crippen LogP contribution in [0.5, 0.6) is 0 Å². The third kappa shape index (κ3) is 1.85. The van der Waals surface area contributed by atoms with Crippen molar-refractivity contribution in [2.45, 2.75) is 18.9 Å². The van der Waals surface area contributed by atoms with Crippen LogP contribution in [-0.4, -0.2) is 18.7 Å². The zero-order chi connectivity index (χ0) is 11.5. The van der Waals surface area contributed by atoms with Crippen molar-refractivity contribution < 1.29 is 9.53 Å². The Kier molecular flexibility index (Phi) is 3.04. The second-order valence-corrected chi connectivity index (χ2v) is 3.78. The summed E-state index contributed by atoms with van der Waals surface area (Å²) < 4.78 is 5.46. The van der Waals surface area contributed by atoms with Crippen LogP contribution in [-0.2, 0) is 9.53 Å². The number of rotatable bonds is 4. The molecule has 1 fully saturated rings. The summed E-state index contributed by atoms with van der Waals surface area (Å²) >= 11 is 0. The molecule has 0 N–H and O–H groups in total. The number of hydrogen-bond acceptors (Lipinski definition) is 2. The Morgan fingerprint density at radius 3 is 2.62 bits per heavy atom. The fourth-order valence-corrected chi connectivity index (χ4v) is 1.92. The largest absolute Gasteiger partial charge is 0.372 e. The molecular weight excluding hydrogens is 200 g/mol. The Hall–Kier alpha value is -1.63. The second-order valence-electron chi connectivity index (χ2n) is 3.78. The fourth-order valence-electron chi connectivity index (χ4n) is 1.92. The van der Waals surface area contributed by atoms with Crippen molar-refractivity contribution in [2.75, 3.05) is 6.61 Å². The number of hydrogen-bond donors (Lipinski definition) is 0. The molecule has 0 amide bonds. The van der Waals surface area contributed by atoms with Gasteiger partial charge in [0.15, 0.2) is 0 Å². The van der Waals surface area contributed by atoms with Crippen LogP contribution < -0.4 is 0 Å². The highest BCUT2D eigenvalue weighted by Crippen LogP contribution is 2.47. The molecule has 0 heterocycles. The summed E-state index contributed by atoms with van der Waals surface area (Å²) in [5, 5.41) is 0. The van der Waals surface area contributed by atoms with Gasteiger partial charge in [-0.15, -0.1) is 0 Å². The van der Waals surface area contributed by atoms with Crippen molar-refractivity contribution in [2.24, 2.45) is 0 Å². The highest BCUT2D eigenvalue weighted by atomic mass is 16.5. The predicted octanol–water partition coefficient (Wildman–Crippen LogP) is 2.59. The van der Waals surface area contributed by atoms with Crippen molar-refractivity contribution in [3.63, 3.8) is 0 Å². The van der Waals surface area contributed by atoms with E-state index in [-0.39, 0.29) is 12.0 Å². The molecule has 82 valence electrons. The van der Waals surface area contributed by atoms with E-state index in [1.165, 1.54) is 0 Å². The Balaban J connectivity index is 2.19. The van der Waals surface area contributed by atoms with E-state index in [1.54, 1.807) is 6.08 Å². The fraction of sp³-hybridized carbons (Fsp3) is 0.286. The van der Waals surface area contributed by atoms with Gasteiger partial charge >= 0.3 is 0 Å². The van der Waals surface area contributed by atoms with Crippen molar-refractivity contribution >= 4 is 12.0 Å². The van der Waals surface area contributed by atoms with Crippen LogP contribution in [0.1, 0.15) is 24.0 Å². The smallest absolute Gasteiger partial charge is 0.127 e. The minimum absolute atomic E-state index is 0.0583. The van der Waals surface area contributed by atoms with Gasteiger partial charge in [0, 0.05) is 12.5 Å². The predicted molar refractivity (Wildman–Crippen MR) is 63.9 cm³/mol. The molecule has 2 unspecified atom stereocenters. The standard InChI is InChI=1S/C14H14O2/c1-3-10-5-7-11(8-6-10)13-12(9-15)14(13)16-4-2/h3,5-8,13-14H,1,4H2,2H3. The van der Waals surface area contributed by atoms with Crippen LogP contribution in [0.15, 0.2) is 36.4 Å². The lowest BCUT2D eigenvalue weighted by molar-refractivity contribution is 0.136. The van der Waals surface area contributed by atoms with E-state index in [2.05, 4.69) is 6.58 Å². The van der Waals surface area contributed by atoms with E-state index in [4.69, 9.17) is 4.74 Å². The molecule has 16 heavy (non-hydrogen) atoms. The first-order chi connectivity index (χ1) is 7.81. The third-order valence-electron chi connectivity index (χ3n) is 2.83. The van der Waals surface area contributed by atoms with Crippen LogP contribution in [0.25, 0.3) is 6.08 Å². The van der Waals surface area contributed by atoms with Gasteiger partial charge in [0.1, 0.15) is 12.0 Å². The molecule has 1 saturated carbocycles. The number of benzene rings is 1. The average molecular weight is 214 g/mol. The molecule has 0 radical (unpaired) electrons. The van der Waals surface area contributed by atoms with Gasteiger partial charge in [-0.1, -0.05) is 36.9 Å². The van der Waals surface area contributed by atoms with Crippen LogP contribution in [0, 0.1) is 0 Å². The first-order valence-corrected chi connectivity index (χ1v) is 5.40. The van der Waals surface area contributed by atoms with Gasteiger partial charge in [-0.2, -0.15) is 0 Å². The maximum atomic E-state index is 10.7. The van der Waals surface area contributed by atoms with Gasteiger partial charge in [0.05, 0.1) is 5.57 Å². The van der Waals surface area contributed by atoms with E-state index < -0.39 is 0 Å². The summed E-state index contributed by atoms with van der Waals surface area (Å²) in [7, 11) is 0. The quantitative estimate of drug-likeness (QED) is 0.720. The minimum atomic E-state index is -0.0583. The van der Waals surface area contributed by atoms with E-state index in [1.807, 2.05) is 37.1 Å². The lowest BCUT2D eigenvalue weighted by atomic mass is 10.1. The van der Waals surface area contributed by atoms with Crippen LogP contribution in [0.2, 0.25) is 0 Å². The van der Waals surface area contributed by atoms with E-state index >= 15 is 0 Å². The highest BCUT2D eigenvalue weighted by Gasteiger charge is 2.47. The Labute approximate surface area is 95.2 Å². The van der Waals surface area contributed by atoms with Crippen molar-refractivity contribution in [3.8, 4) is 0 Å². The van der Waals surface area contributed by atoms with Crippen LogP contribution >= 0.6 is 0 Å². The molecule has 2 atom stereocenters.